The molecule has 1 N–H and O–H groups in total. The molecule has 1 aliphatic heterocycles. The van der Waals surface area contributed by atoms with Gasteiger partial charge in [0.2, 0.25) is 5.91 Å². The zero-order chi connectivity index (χ0) is 27.8. The van der Waals surface area contributed by atoms with E-state index in [9.17, 15) is 14.0 Å². The number of nitrogens with one attached hydrogen (secondary N) is 1. The van der Waals surface area contributed by atoms with Crippen LogP contribution in [0, 0.1) is 12.7 Å². The molecule has 3 aromatic carbocycles. The van der Waals surface area contributed by atoms with Crippen molar-refractivity contribution >= 4 is 27.7 Å². The van der Waals surface area contributed by atoms with E-state index >= 15 is 0 Å². The Morgan fingerprint density at radius 2 is 1.74 bits per heavy atom. The normalized spacial score (nSPS) is 14.5. The molecule has 1 unspecified atom stereocenters. The molecule has 204 valence electrons. The first-order chi connectivity index (χ1) is 18.8. The molecule has 1 aliphatic rings. The van der Waals surface area contributed by atoms with Crippen LogP contribution in [0.2, 0.25) is 0 Å². The van der Waals surface area contributed by atoms with Crippen molar-refractivity contribution in [2.45, 2.75) is 19.4 Å². The summed E-state index contributed by atoms with van der Waals surface area (Å²) < 4.78 is 21.8. The highest BCUT2D eigenvalue weighted by Crippen LogP contribution is 2.26. The van der Waals surface area contributed by atoms with E-state index in [1.54, 1.807) is 42.2 Å². The largest absolute Gasteiger partial charge is 0.484 e. The first-order valence-corrected chi connectivity index (χ1v) is 13.8. The molecule has 0 radical (unpaired) electrons. The summed E-state index contributed by atoms with van der Waals surface area (Å²) in [7, 11) is 0. The van der Waals surface area contributed by atoms with Gasteiger partial charge in [-0.25, -0.2) is 4.39 Å². The second-order valence-electron chi connectivity index (χ2n) is 9.60. The van der Waals surface area contributed by atoms with Gasteiger partial charge in [0.25, 0.3) is 5.91 Å². The number of carbonyl (C=O) groups is 2. The topological polar surface area (TPSA) is 61.9 Å². The third-order valence-corrected chi connectivity index (χ3v) is 7.39. The molecule has 1 saturated heterocycles. The fraction of sp³-hybridized carbons (Fsp3) is 0.290. The van der Waals surface area contributed by atoms with E-state index < -0.39 is 6.10 Å². The Balaban J connectivity index is 1.38. The molecule has 0 aliphatic carbocycles. The standard InChI is InChI=1S/C31H33BrFN3O3/c1-3-30(37)36-18-16-35(17-19-36)21-29(25-7-4-22(2)28(33)20-25)39-27-12-8-24(9-13-27)31(38)34-15-14-23-5-10-26(32)11-6-23/h3-13,20,29H,1,14-19,21H2,2H3,(H,34,38). The minimum Gasteiger partial charge on any atom is -0.484 e. The van der Waals surface area contributed by atoms with Gasteiger partial charge in [0.15, 0.2) is 0 Å². The van der Waals surface area contributed by atoms with Crippen molar-refractivity contribution in [3.63, 3.8) is 0 Å². The lowest BCUT2D eigenvalue weighted by Gasteiger charge is -2.36. The maximum atomic E-state index is 14.4. The molecular weight excluding hydrogens is 561 g/mol. The second kappa shape index (κ2) is 13.5. The molecule has 39 heavy (non-hydrogen) atoms. The van der Waals surface area contributed by atoms with Crippen LogP contribution in [0.1, 0.15) is 33.2 Å². The minimum absolute atomic E-state index is 0.0690. The average Bonchev–Trinajstić information content (AvgIpc) is 2.95. The maximum absolute atomic E-state index is 14.4. The van der Waals surface area contributed by atoms with E-state index in [2.05, 4.69) is 32.7 Å². The number of hydrogen-bond acceptors (Lipinski definition) is 4. The summed E-state index contributed by atoms with van der Waals surface area (Å²) >= 11 is 3.43. The highest BCUT2D eigenvalue weighted by molar-refractivity contribution is 9.10. The molecule has 0 saturated carbocycles. The minimum atomic E-state index is -0.424. The number of amides is 2. The molecule has 6 nitrogen and oxygen atoms in total. The van der Waals surface area contributed by atoms with Crippen molar-refractivity contribution < 1.29 is 18.7 Å². The molecule has 4 rings (SSSR count). The van der Waals surface area contributed by atoms with E-state index in [1.807, 2.05) is 30.3 Å². The SMILES string of the molecule is C=CC(=O)N1CCN(CC(Oc2ccc(C(=O)NCCc3ccc(Br)cc3)cc2)c2ccc(C)c(F)c2)CC1. The number of hydrogen-bond donors (Lipinski definition) is 1. The molecule has 1 fully saturated rings. The quantitative estimate of drug-likeness (QED) is 0.323. The number of benzene rings is 3. The van der Waals surface area contributed by atoms with Crippen LogP contribution in [0.3, 0.4) is 0 Å². The third kappa shape index (κ3) is 8.00. The highest BCUT2D eigenvalue weighted by Gasteiger charge is 2.24. The Morgan fingerprint density at radius 3 is 2.38 bits per heavy atom. The van der Waals surface area contributed by atoms with Crippen LogP contribution in [0.15, 0.2) is 83.9 Å². The van der Waals surface area contributed by atoms with Crippen molar-refractivity contribution in [3.05, 3.63) is 112 Å². The number of carbonyl (C=O) groups excluding carboxylic acids is 2. The van der Waals surface area contributed by atoms with Gasteiger partial charge in [0, 0.05) is 49.3 Å². The Hall–Kier alpha value is -3.49. The zero-order valence-corrected chi connectivity index (χ0v) is 23.6. The van der Waals surface area contributed by atoms with E-state index in [0.29, 0.717) is 56.1 Å². The molecular formula is C31H33BrFN3O3. The lowest BCUT2D eigenvalue weighted by atomic mass is 10.1. The number of halogens is 2. The number of ether oxygens (including phenoxy) is 1. The number of piperazine rings is 1. The average molecular weight is 595 g/mol. The summed E-state index contributed by atoms with van der Waals surface area (Å²) in [5, 5.41) is 2.96. The van der Waals surface area contributed by atoms with Gasteiger partial charge in [-0.05, 0) is 78.6 Å². The van der Waals surface area contributed by atoms with E-state index in [0.717, 1.165) is 22.0 Å². The zero-order valence-electron chi connectivity index (χ0n) is 22.0. The summed E-state index contributed by atoms with van der Waals surface area (Å²) in [5.41, 5.74) is 3.00. The van der Waals surface area contributed by atoms with Crippen LogP contribution in [0.25, 0.3) is 0 Å². The van der Waals surface area contributed by atoms with Crippen molar-refractivity contribution in [3.8, 4) is 5.75 Å². The number of nitrogens with zero attached hydrogens (tertiary/aromatic N) is 2. The molecule has 1 heterocycles. The highest BCUT2D eigenvalue weighted by atomic mass is 79.9. The Bertz CT molecular complexity index is 1290. The Morgan fingerprint density at radius 1 is 1.05 bits per heavy atom. The number of aryl methyl sites for hydroxylation is 1. The summed E-state index contributed by atoms with van der Waals surface area (Å²) in [4.78, 5) is 28.5. The molecule has 3 aromatic rings. The van der Waals surface area contributed by atoms with Crippen LogP contribution < -0.4 is 10.1 Å². The molecule has 0 aromatic heterocycles. The second-order valence-corrected chi connectivity index (χ2v) is 10.5. The molecule has 0 spiro atoms. The summed E-state index contributed by atoms with van der Waals surface area (Å²) in [6.07, 6.45) is 1.65. The lowest BCUT2D eigenvalue weighted by molar-refractivity contribution is -0.127. The predicted molar refractivity (Wildman–Crippen MR) is 154 cm³/mol. The fourth-order valence-electron chi connectivity index (χ4n) is 4.46. The summed E-state index contributed by atoms with van der Waals surface area (Å²) in [6.45, 7) is 8.95. The van der Waals surface area contributed by atoms with Gasteiger partial charge in [0.1, 0.15) is 17.7 Å². The molecule has 1 atom stereocenters. The van der Waals surface area contributed by atoms with E-state index in [1.165, 1.54) is 12.1 Å². The van der Waals surface area contributed by atoms with Crippen LogP contribution in [0.4, 0.5) is 4.39 Å². The van der Waals surface area contributed by atoms with Gasteiger partial charge in [-0.15, -0.1) is 0 Å². The van der Waals surface area contributed by atoms with Crippen LogP contribution in [-0.4, -0.2) is 60.9 Å². The fourth-order valence-corrected chi connectivity index (χ4v) is 4.72. The third-order valence-electron chi connectivity index (χ3n) is 6.86. The number of rotatable bonds is 10. The Kier molecular flexibility index (Phi) is 9.90. The monoisotopic (exact) mass is 593 g/mol. The van der Waals surface area contributed by atoms with Gasteiger partial charge in [-0.2, -0.15) is 0 Å². The maximum Gasteiger partial charge on any atom is 0.251 e. The van der Waals surface area contributed by atoms with Crippen molar-refractivity contribution in [1.82, 2.24) is 15.1 Å². The van der Waals surface area contributed by atoms with Gasteiger partial charge in [-0.3, -0.25) is 14.5 Å². The van der Waals surface area contributed by atoms with Crippen LogP contribution in [0.5, 0.6) is 5.75 Å². The van der Waals surface area contributed by atoms with Crippen LogP contribution in [-0.2, 0) is 11.2 Å². The summed E-state index contributed by atoms with van der Waals surface area (Å²) in [6, 6.07) is 20.2. The first-order valence-electron chi connectivity index (χ1n) is 13.0. The van der Waals surface area contributed by atoms with Gasteiger partial charge in [-0.1, -0.05) is 46.8 Å². The van der Waals surface area contributed by atoms with Crippen molar-refractivity contribution in [2.24, 2.45) is 0 Å². The summed E-state index contributed by atoms with van der Waals surface area (Å²) in [5.74, 6) is 0.0915. The lowest BCUT2D eigenvalue weighted by Crippen LogP contribution is -2.49. The molecule has 2 amide bonds. The van der Waals surface area contributed by atoms with E-state index in [4.69, 9.17) is 4.74 Å². The first kappa shape index (κ1) is 28.5. The molecule has 0 bridgehead atoms. The van der Waals surface area contributed by atoms with Gasteiger partial charge >= 0.3 is 0 Å². The van der Waals surface area contributed by atoms with Gasteiger partial charge in [0.05, 0.1) is 0 Å². The van der Waals surface area contributed by atoms with E-state index in [-0.39, 0.29) is 17.6 Å². The smallest absolute Gasteiger partial charge is 0.251 e. The van der Waals surface area contributed by atoms with Crippen LogP contribution >= 0.6 is 15.9 Å². The van der Waals surface area contributed by atoms with Gasteiger partial charge < -0.3 is 15.0 Å². The molecule has 8 heteroatoms. The Labute approximate surface area is 237 Å². The van der Waals surface area contributed by atoms with Crippen molar-refractivity contribution in [2.75, 3.05) is 39.3 Å². The predicted octanol–water partition coefficient (Wildman–Crippen LogP) is 5.32. The van der Waals surface area contributed by atoms with Crippen molar-refractivity contribution in [1.29, 1.82) is 0 Å².